The van der Waals surface area contributed by atoms with Crippen molar-refractivity contribution in [1.82, 2.24) is 14.8 Å². The van der Waals surface area contributed by atoms with Crippen LogP contribution in [-0.4, -0.2) is 34.3 Å². The Hall–Kier alpha value is -2.57. The second kappa shape index (κ2) is 6.38. The maximum Gasteiger partial charge on any atom is 0.244 e. The number of aromatic nitrogens is 3. The van der Waals surface area contributed by atoms with Gasteiger partial charge in [0.15, 0.2) is 5.82 Å². The molecule has 1 aliphatic heterocycles. The van der Waals surface area contributed by atoms with Gasteiger partial charge in [0.25, 0.3) is 0 Å². The van der Waals surface area contributed by atoms with E-state index < -0.39 is 0 Å². The number of carbonyl (C=O) groups excluding carboxylic acids is 1. The van der Waals surface area contributed by atoms with Crippen LogP contribution >= 0.6 is 0 Å². The normalized spacial score (nSPS) is 16.6. The minimum Gasteiger partial charge on any atom is -0.366 e. The smallest absolute Gasteiger partial charge is 0.244 e. The lowest BCUT2D eigenvalue weighted by atomic mass is 10.2. The maximum atomic E-state index is 11.7. The summed E-state index contributed by atoms with van der Waals surface area (Å²) in [6.45, 7) is 4.01. The maximum absolute atomic E-state index is 11.7. The summed E-state index contributed by atoms with van der Waals surface area (Å²) in [7, 11) is 1.89. The molecule has 1 amide bonds. The molecule has 1 fully saturated rings. The topological polar surface area (TPSA) is 75.1 Å². The molecule has 0 unspecified atom stereocenters. The van der Waals surface area contributed by atoms with Crippen LogP contribution in [0.5, 0.6) is 0 Å². The van der Waals surface area contributed by atoms with Gasteiger partial charge in [-0.2, -0.15) is 5.10 Å². The molecule has 0 atom stereocenters. The lowest BCUT2D eigenvalue weighted by molar-refractivity contribution is -0.115. The van der Waals surface area contributed by atoms with Gasteiger partial charge in [0.2, 0.25) is 5.91 Å². The van der Waals surface area contributed by atoms with Gasteiger partial charge in [-0.3, -0.25) is 9.48 Å². The van der Waals surface area contributed by atoms with E-state index in [9.17, 15) is 4.79 Å². The molecule has 0 spiro atoms. The highest BCUT2D eigenvalue weighted by molar-refractivity contribution is 6.01. The first kappa shape index (κ1) is 15.9. The molecule has 25 heavy (non-hydrogen) atoms. The molecule has 132 valence electrons. The van der Waals surface area contributed by atoms with Crippen molar-refractivity contribution in [2.45, 2.75) is 39.3 Å². The van der Waals surface area contributed by atoms with Crippen LogP contribution < -0.4 is 15.5 Å². The molecule has 7 nitrogen and oxygen atoms in total. The van der Waals surface area contributed by atoms with E-state index in [1.54, 1.807) is 0 Å². The van der Waals surface area contributed by atoms with Crippen molar-refractivity contribution >= 4 is 23.2 Å². The first-order chi connectivity index (χ1) is 12.1. The van der Waals surface area contributed by atoms with Crippen molar-refractivity contribution in [2.24, 2.45) is 5.92 Å². The molecule has 0 radical (unpaired) electrons. The summed E-state index contributed by atoms with van der Waals surface area (Å²) in [6.07, 6.45) is 8.02. The SMILES string of the molecule is Cc1cc(NCc2cnn(CCC3CC3)c2)nc2c1NC(=O)CN2C. The molecule has 2 N–H and O–H groups in total. The number of anilines is 3. The summed E-state index contributed by atoms with van der Waals surface area (Å²) in [5, 5.41) is 10.7. The number of hydrogen-bond acceptors (Lipinski definition) is 5. The Bertz CT molecular complexity index is 795. The van der Waals surface area contributed by atoms with E-state index in [1.165, 1.54) is 19.3 Å². The molecular formula is C18H24N6O. The zero-order valence-electron chi connectivity index (χ0n) is 14.7. The van der Waals surface area contributed by atoms with E-state index in [1.807, 2.05) is 35.8 Å². The Kier molecular flexibility index (Phi) is 4.07. The van der Waals surface area contributed by atoms with Crippen LogP contribution in [0.1, 0.15) is 30.4 Å². The zero-order valence-corrected chi connectivity index (χ0v) is 14.7. The molecule has 4 rings (SSSR count). The summed E-state index contributed by atoms with van der Waals surface area (Å²) < 4.78 is 2.03. The van der Waals surface area contributed by atoms with Gasteiger partial charge in [0.05, 0.1) is 18.4 Å². The van der Waals surface area contributed by atoms with Crippen molar-refractivity contribution in [3.8, 4) is 0 Å². The Morgan fingerprint density at radius 1 is 1.40 bits per heavy atom. The second-order valence-electron chi connectivity index (χ2n) is 7.12. The van der Waals surface area contributed by atoms with Gasteiger partial charge in [-0.25, -0.2) is 4.98 Å². The van der Waals surface area contributed by atoms with Gasteiger partial charge in [-0.1, -0.05) is 12.8 Å². The number of hydrogen-bond donors (Lipinski definition) is 2. The van der Waals surface area contributed by atoms with Crippen LogP contribution in [0.4, 0.5) is 17.3 Å². The Morgan fingerprint density at radius 3 is 3.04 bits per heavy atom. The summed E-state index contributed by atoms with van der Waals surface area (Å²) in [4.78, 5) is 18.2. The van der Waals surface area contributed by atoms with Crippen LogP contribution in [0, 0.1) is 12.8 Å². The van der Waals surface area contributed by atoms with E-state index in [0.717, 1.165) is 40.9 Å². The highest BCUT2D eigenvalue weighted by Crippen LogP contribution is 2.33. The molecule has 2 aromatic rings. The zero-order chi connectivity index (χ0) is 17.4. The number of amides is 1. The van der Waals surface area contributed by atoms with Crippen LogP contribution in [0.15, 0.2) is 18.5 Å². The minimum atomic E-state index is -0.000721. The molecule has 0 aromatic carbocycles. The quantitative estimate of drug-likeness (QED) is 0.844. The van der Waals surface area contributed by atoms with E-state index in [-0.39, 0.29) is 5.91 Å². The summed E-state index contributed by atoms with van der Waals surface area (Å²) in [5.41, 5.74) is 2.96. The highest BCUT2D eigenvalue weighted by atomic mass is 16.2. The molecule has 7 heteroatoms. The number of nitrogens with one attached hydrogen (secondary N) is 2. The minimum absolute atomic E-state index is 0.000721. The first-order valence-corrected chi connectivity index (χ1v) is 8.86. The van der Waals surface area contributed by atoms with Gasteiger partial charge < -0.3 is 15.5 Å². The van der Waals surface area contributed by atoms with Crippen molar-refractivity contribution in [2.75, 3.05) is 29.1 Å². The van der Waals surface area contributed by atoms with Crippen LogP contribution in [-0.2, 0) is 17.9 Å². The number of carbonyl (C=O) groups is 1. The molecule has 2 aromatic heterocycles. The average molecular weight is 340 g/mol. The number of fused-ring (bicyclic) bond motifs is 1. The lowest BCUT2D eigenvalue weighted by Gasteiger charge is -2.27. The van der Waals surface area contributed by atoms with Crippen molar-refractivity contribution in [1.29, 1.82) is 0 Å². The third kappa shape index (κ3) is 3.60. The molecular weight excluding hydrogens is 316 g/mol. The van der Waals surface area contributed by atoms with Crippen molar-refractivity contribution in [3.05, 3.63) is 29.6 Å². The summed E-state index contributed by atoms with van der Waals surface area (Å²) in [5.74, 6) is 2.54. The number of aryl methyl sites for hydroxylation is 2. The van der Waals surface area contributed by atoms with Crippen LogP contribution in [0.3, 0.4) is 0 Å². The molecule has 1 saturated carbocycles. The fourth-order valence-electron chi connectivity index (χ4n) is 3.18. The largest absolute Gasteiger partial charge is 0.366 e. The first-order valence-electron chi connectivity index (χ1n) is 8.86. The highest BCUT2D eigenvalue weighted by Gasteiger charge is 2.23. The van der Waals surface area contributed by atoms with Crippen molar-refractivity contribution in [3.63, 3.8) is 0 Å². The van der Waals surface area contributed by atoms with Gasteiger partial charge in [-0.15, -0.1) is 0 Å². The summed E-state index contributed by atoms with van der Waals surface area (Å²) in [6, 6.07) is 1.97. The van der Waals surface area contributed by atoms with Gasteiger partial charge in [-0.05, 0) is 30.9 Å². The monoisotopic (exact) mass is 340 g/mol. The number of nitrogens with zero attached hydrogens (tertiary/aromatic N) is 4. The van der Waals surface area contributed by atoms with E-state index in [4.69, 9.17) is 0 Å². The predicted molar refractivity (Wildman–Crippen MR) is 97.8 cm³/mol. The molecule has 3 heterocycles. The Labute approximate surface area is 147 Å². The molecule has 0 saturated heterocycles. The molecule has 0 bridgehead atoms. The van der Waals surface area contributed by atoms with Crippen LogP contribution in [0.2, 0.25) is 0 Å². The predicted octanol–water partition coefficient (Wildman–Crippen LogP) is 2.39. The molecule has 1 aliphatic carbocycles. The van der Waals surface area contributed by atoms with E-state index >= 15 is 0 Å². The van der Waals surface area contributed by atoms with Gasteiger partial charge in [0.1, 0.15) is 5.82 Å². The van der Waals surface area contributed by atoms with Crippen molar-refractivity contribution < 1.29 is 4.79 Å². The third-order valence-corrected chi connectivity index (χ3v) is 4.83. The van der Waals surface area contributed by atoms with Crippen LogP contribution in [0.25, 0.3) is 0 Å². The average Bonchev–Trinajstić information content (AvgIpc) is 3.30. The fraction of sp³-hybridized carbons (Fsp3) is 0.500. The lowest BCUT2D eigenvalue weighted by Crippen LogP contribution is -2.36. The Morgan fingerprint density at radius 2 is 2.24 bits per heavy atom. The standard InChI is InChI=1S/C18H24N6O/c1-12-7-15(21-18-17(12)22-16(25)11-23(18)2)19-8-14-9-20-24(10-14)6-5-13-3-4-13/h7,9-10,13H,3-6,8,11H2,1-2H3,(H,19,21)(H,22,25). The molecule has 2 aliphatic rings. The second-order valence-corrected chi connectivity index (χ2v) is 7.12. The number of rotatable bonds is 6. The van der Waals surface area contributed by atoms with E-state index in [2.05, 4.69) is 26.9 Å². The summed E-state index contributed by atoms with van der Waals surface area (Å²) >= 11 is 0. The number of likely N-dealkylation sites (N-methyl/N-ethyl adjacent to an activating group) is 1. The van der Waals surface area contributed by atoms with Gasteiger partial charge in [0, 0.05) is 31.9 Å². The Balaban J connectivity index is 1.42. The van der Waals surface area contributed by atoms with Gasteiger partial charge >= 0.3 is 0 Å². The van der Waals surface area contributed by atoms with E-state index in [0.29, 0.717) is 13.1 Å². The number of pyridine rings is 1. The third-order valence-electron chi connectivity index (χ3n) is 4.83. The fourth-order valence-corrected chi connectivity index (χ4v) is 3.18.